The smallest absolute Gasteiger partial charge is 0.410 e. The maximum atomic E-state index is 12.9. The molecule has 170 valence electrons. The summed E-state index contributed by atoms with van der Waals surface area (Å²) in [6, 6.07) is 4.97. The first-order valence-corrected chi connectivity index (χ1v) is 10.7. The van der Waals surface area contributed by atoms with Crippen molar-refractivity contribution >= 4 is 29.5 Å². The molecule has 0 atom stereocenters. The van der Waals surface area contributed by atoms with Crippen molar-refractivity contribution < 1.29 is 23.9 Å². The third-order valence-corrected chi connectivity index (χ3v) is 5.32. The minimum Gasteiger partial charge on any atom is -0.465 e. The van der Waals surface area contributed by atoms with Crippen molar-refractivity contribution in [3.8, 4) is 0 Å². The quantitative estimate of drug-likeness (QED) is 0.738. The highest BCUT2D eigenvalue weighted by Crippen LogP contribution is 2.30. The summed E-state index contributed by atoms with van der Waals surface area (Å²) in [4.78, 5) is 42.6. The second kappa shape index (κ2) is 9.45. The Kier molecular flexibility index (Phi) is 6.92. The minimum absolute atomic E-state index is 0.258. The zero-order valence-corrected chi connectivity index (χ0v) is 18.8. The lowest BCUT2D eigenvalue weighted by Crippen LogP contribution is -2.52. The van der Waals surface area contributed by atoms with E-state index in [9.17, 15) is 14.4 Å². The van der Waals surface area contributed by atoms with Gasteiger partial charge in [-0.05, 0) is 51.8 Å². The number of hydrogen-bond donors (Lipinski definition) is 1. The summed E-state index contributed by atoms with van der Waals surface area (Å²) in [5.41, 5.74) is 1.31. The second-order valence-corrected chi connectivity index (χ2v) is 8.80. The van der Waals surface area contributed by atoms with Gasteiger partial charge in [0.1, 0.15) is 5.60 Å². The van der Waals surface area contributed by atoms with E-state index in [-0.39, 0.29) is 12.1 Å². The normalized spacial score (nSPS) is 16.8. The van der Waals surface area contributed by atoms with Gasteiger partial charge in [-0.1, -0.05) is 0 Å². The zero-order valence-electron chi connectivity index (χ0n) is 18.8. The van der Waals surface area contributed by atoms with Gasteiger partial charge < -0.3 is 29.5 Å². The zero-order chi connectivity index (χ0) is 22.6. The van der Waals surface area contributed by atoms with Gasteiger partial charge in [-0.15, -0.1) is 0 Å². The monoisotopic (exact) mass is 432 g/mol. The molecule has 1 aromatic carbocycles. The Bertz CT molecular complexity index is 822. The number of nitrogens with zero attached hydrogens (tertiary/aromatic N) is 3. The van der Waals surface area contributed by atoms with Crippen LogP contribution in [-0.4, -0.2) is 79.9 Å². The molecule has 2 saturated heterocycles. The first-order valence-electron chi connectivity index (χ1n) is 10.7. The number of anilines is 2. The number of carbonyl (C=O) groups excluding carboxylic acids is 3. The minimum atomic E-state index is -0.553. The number of amides is 3. The highest BCUT2D eigenvalue weighted by Gasteiger charge is 2.28. The number of rotatable bonds is 3. The van der Waals surface area contributed by atoms with E-state index in [1.165, 1.54) is 7.11 Å². The van der Waals surface area contributed by atoms with Crippen molar-refractivity contribution in [3.63, 3.8) is 0 Å². The third kappa shape index (κ3) is 5.80. The molecule has 0 unspecified atom stereocenters. The lowest BCUT2D eigenvalue weighted by atomic mass is 10.1. The fraction of sp³-hybridized carbons (Fsp3) is 0.591. The lowest BCUT2D eigenvalue weighted by molar-refractivity contribution is 0.0174. The van der Waals surface area contributed by atoms with E-state index >= 15 is 0 Å². The fourth-order valence-electron chi connectivity index (χ4n) is 3.73. The molecular formula is C22H32N4O5. The molecule has 0 radical (unpaired) electrons. The maximum Gasteiger partial charge on any atom is 0.410 e. The number of urea groups is 1. The molecule has 31 heavy (non-hydrogen) atoms. The summed E-state index contributed by atoms with van der Waals surface area (Å²) >= 11 is 0. The SMILES string of the molecule is COC(=O)c1ccc(N2CCCC2)c(NC(=O)N2CCN(C(=O)OC(C)(C)C)CC2)c1. The molecule has 9 heteroatoms. The van der Waals surface area contributed by atoms with Gasteiger partial charge in [-0.25, -0.2) is 14.4 Å². The summed E-state index contributed by atoms with van der Waals surface area (Å²) in [6.45, 7) is 8.93. The molecule has 0 bridgehead atoms. The molecular weight excluding hydrogens is 400 g/mol. The molecule has 0 saturated carbocycles. The van der Waals surface area contributed by atoms with Gasteiger partial charge in [0.05, 0.1) is 24.0 Å². The van der Waals surface area contributed by atoms with Crippen LogP contribution in [0.15, 0.2) is 18.2 Å². The number of piperazine rings is 1. The molecule has 1 N–H and O–H groups in total. The van der Waals surface area contributed by atoms with Crippen molar-refractivity contribution in [1.82, 2.24) is 9.80 Å². The lowest BCUT2D eigenvalue weighted by Gasteiger charge is -2.35. The number of nitrogens with one attached hydrogen (secondary N) is 1. The Morgan fingerprint density at radius 2 is 1.55 bits per heavy atom. The maximum absolute atomic E-state index is 12.9. The molecule has 9 nitrogen and oxygen atoms in total. The Morgan fingerprint density at radius 3 is 2.13 bits per heavy atom. The van der Waals surface area contributed by atoms with E-state index in [1.807, 2.05) is 26.8 Å². The van der Waals surface area contributed by atoms with Crippen LogP contribution in [0.25, 0.3) is 0 Å². The van der Waals surface area contributed by atoms with Crippen molar-refractivity contribution in [3.05, 3.63) is 23.8 Å². The number of methoxy groups -OCH3 is 1. The van der Waals surface area contributed by atoms with Crippen LogP contribution >= 0.6 is 0 Å². The van der Waals surface area contributed by atoms with Gasteiger partial charge in [-0.3, -0.25) is 0 Å². The Hall–Kier alpha value is -2.97. The number of hydrogen-bond acceptors (Lipinski definition) is 6. The highest BCUT2D eigenvalue weighted by atomic mass is 16.6. The Morgan fingerprint density at radius 1 is 0.935 bits per heavy atom. The third-order valence-electron chi connectivity index (χ3n) is 5.32. The van der Waals surface area contributed by atoms with Crippen LogP contribution in [0.3, 0.4) is 0 Å². The van der Waals surface area contributed by atoms with Crippen molar-refractivity contribution in [2.24, 2.45) is 0 Å². The largest absolute Gasteiger partial charge is 0.465 e. The predicted molar refractivity (Wildman–Crippen MR) is 118 cm³/mol. The van der Waals surface area contributed by atoms with Gasteiger partial charge in [0, 0.05) is 39.3 Å². The predicted octanol–water partition coefficient (Wildman–Crippen LogP) is 3.16. The second-order valence-electron chi connectivity index (χ2n) is 8.80. The first-order chi connectivity index (χ1) is 14.7. The van der Waals surface area contributed by atoms with Gasteiger partial charge in [0.25, 0.3) is 0 Å². The molecule has 0 spiro atoms. The summed E-state index contributed by atoms with van der Waals surface area (Å²) in [7, 11) is 1.33. The van der Waals surface area contributed by atoms with Gasteiger partial charge in [0.15, 0.2) is 0 Å². The standard InChI is InChI=1S/C22H32N4O5/c1-22(2,3)31-21(29)26-13-11-25(12-14-26)20(28)23-17-15-16(19(27)30-4)7-8-18(17)24-9-5-6-10-24/h7-8,15H,5-6,9-14H2,1-4H3,(H,23,28). The summed E-state index contributed by atoms with van der Waals surface area (Å²) in [5.74, 6) is -0.450. The summed E-state index contributed by atoms with van der Waals surface area (Å²) in [6.07, 6.45) is 1.83. The van der Waals surface area contributed by atoms with E-state index in [2.05, 4.69) is 10.2 Å². The Labute approximate surface area is 183 Å². The Balaban J connectivity index is 1.67. The molecule has 1 aromatic rings. The number of carbonyl (C=O) groups is 3. The topological polar surface area (TPSA) is 91.4 Å². The van der Waals surface area contributed by atoms with Gasteiger partial charge in [0.2, 0.25) is 0 Å². The van der Waals surface area contributed by atoms with Crippen molar-refractivity contribution in [2.45, 2.75) is 39.2 Å². The van der Waals surface area contributed by atoms with E-state index in [4.69, 9.17) is 9.47 Å². The number of ether oxygens (including phenoxy) is 2. The van der Waals surface area contributed by atoms with Crippen molar-refractivity contribution in [1.29, 1.82) is 0 Å². The summed E-state index contributed by atoms with van der Waals surface area (Å²) < 4.78 is 10.2. The molecule has 0 aromatic heterocycles. The van der Waals surface area contributed by atoms with Gasteiger partial charge >= 0.3 is 18.1 Å². The molecule has 2 fully saturated rings. The fourth-order valence-corrected chi connectivity index (χ4v) is 3.73. The molecule has 2 aliphatic rings. The van der Waals surface area contributed by atoms with Crippen molar-refractivity contribution in [2.75, 3.05) is 56.6 Å². The van der Waals surface area contributed by atoms with Gasteiger partial charge in [-0.2, -0.15) is 0 Å². The molecule has 0 aliphatic carbocycles. The first kappa shape index (κ1) is 22.7. The van der Waals surface area contributed by atoms with Crippen LogP contribution < -0.4 is 10.2 Å². The molecule has 3 rings (SSSR count). The van der Waals surface area contributed by atoms with Crippen LogP contribution in [-0.2, 0) is 9.47 Å². The van der Waals surface area contributed by atoms with Crippen LogP contribution in [0.5, 0.6) is 0 Å². The van der Waals surface area contributed by atoms with E-state index in [0.29, 0.717) is 37.4 Å². The number of esters is 1. The van der Waals surface area contributed by atoms with Crippen LogP contribution in [0, 0.1) is 0 Å². The average Bonchev–Trinajstić information content (AvgIpc) is 3.26. The molecule has 3 amide bonds. The molecule has 2 aliphatic heterocycles. The van der Waals surface area contributed by atoms with E-state index < -0.39 is 11.6 Å². The van der Waals surface area contributed by atoms with Crippen LogP contribution in [0.1, 0.15) is 44.0 Å². The number of benzene rings is 1. The molecule has 2 heterocycles. The van der Waals surface area contributed by atoms with Crippen LogP contribution in [0.2, 0.25) is 0 Å². The summed E-state index contributed by atoms with van der Waals surface area (Å²) in [5, 5.41) is 2.96. The van der Waals surface area contributed by atoms with E-state index in [0.717, 1.165) is 31.6 Å². The highest BCUT2D eigenvalue weighted by molar-refractivity contribution is 5.97. The average molecular weight is 433 g/mol. The van der Waals surface area contributed by atoms with E-state index in [1.54, 1.807) is 21.9 Å². The van der Waals surface area contributed by atoms with Crippen LogP contribution in [0.4, 0.5) is 21.0 Å².